The highest BCUT2D eigenvalue weighted by atomic mass is 32.1. The number of aromatic nitrogens is 2. The first kappa shape index (κ1) is 10.2. The number of rotatable bonds is 3. The molecule has 0 bridgehead atoms. The van der Waals surface area contributed by atoms with Gasteiger partial charge in [-0.2, -0.15) is 5.10 Å². The summed E-state index contributed by atoms with van der Waals surface area (Å²) in [6.07, 6.45) is 1.94. The van der Waals surface area contributed by atoms with Crippen LogP contribution in [0.4, 0.5) is 5.82 Å². The summed E-state index contributed by atoms with van der Waals surface area (Å²) in [5, 5.41) is 7.66. The van der Waals surface area contributed by atoms with Crippen molar-refractivity contribution in [3.8, 4) is 0 Å². The minimum Gasteiger partial charge on any atom is -0.361 e. The summed E-state index contributed by atoms with van der Waals surface area (Å²) in [5.74, 6) is 0.927. The summed E-state index contributed by atoms with van der Waals surface area (Å²) in [6, 6.07) is 6.62. The highest BCUT2D eigenvalue weighted by Gasteiger charge is 2.08. The molecule has 4 heteroatoms. The van der Waals surface area contributed by atoms with Crippen LogP contribution in [0.2, 0.25) is 0 Å². The van der Waals surface area contributed by atoms with Gasteiger partial charge in [-0.25, -0.2) is 0 Å². The molecular weight excluding hydrogens is 206 g/mol. The minimum absolute atomic E-state index is 0.318. The molecule has 1 N–H and O–H groups in total. The summed E-state index contributed by atoms with van der Waals surface area (Å²) >= 11 is 1.82. The fourth-order valence-electron chi connectivity index (χ4n) is 1.47. The fraction of sp³-hybridized carbons (Fsp3) is 0.364. The molecule has 0 aliphatic carbocycles. The first-order chi connectivity index (χ1) is 7.15. The Morgan fingerprint density at radius 1 is 1.40 bits per heavy atom. The Balaban J connectivity index is 2.06. The second-order valence-electron chi connectivity index (χ2n) is 3.69. The lowest BCUT2D eigenvalue weighted by molar-refractivity contribution is 0.761. The second kappa shape index (κ2) is 4.06. The average Bonchev–Trinajstić information content (AvgIpc) is 2.75. The predicted molar refractivity (Wildman–Crippen MR) is 64.3 cm³/mol. The lowest BCUT2D eigenvalue weighted by atomic mass is 10.3. The van der Waals surface area contributed by atoms with Crippen molar-refractivity contribution in [2.75, 3.05) is 5.32 Å². The van der Waals surface area contributed by atoms with Gasteiger partial charge < -0.3 is 5.32 Å². The number of nitrogens with one attached hydrogen (secondary N) is 1. The molecule has 0 radical (unpaired) electrons. The van der Waals surface area contributed by atoms with Crippen LogP contribution in [-0.2, 0) is 7.05 Å². The Kier molecular flexibility index (Phi) is 2.77. The normalized spacial score (nSPS) is 12.7. The van der Waals surface area contributed by atoms with Gasteiger partial charge >= 0.3 is 0 Å². The van der Waals surface area contributed by atoms with Crippen LogP contribution < -0.4 is 5.32 Å². The fourth-order valence-corrected chi connectivity index (χ4v) is 2.35. The molecule has 0 spiro atoms. The van der Waals surface area contributed by atoms with E-state index in [1.54, 1.807) is 4.68 Å². The third-order valence-corrected chi connectivity index (χ3v) is 3.45. The molecule has 3 nitrogen and oxygen atoms in total. The third-order valence-electron chi connectivity index (χ3n) is 2.27. The van der Waals surface area contributed by atoms with E-state index in [0.29, 0.717) is 6.04 Å². The van der Waals surface area contributed by atoms with E-state index < -0.39 is 0 Å². The van der Waals surface area contributed by atoms with Gasteiger partial charge in [0.1, 0.15) is 5.82 Å². The Morgan fingerprint density at radius 2 is 2.20 bits per heavy atom. The molecular formula is C11H15N3S. The summed E-state index contributed by atoms with van der Waals surface area (Å²) in [5.41, 5.74) is 0. The zero-order valence-corrected chi connectivity index (χ0v) is 10.0. The lowest BCUT2D eigenvalue weighted by Gasteiger charge is -2.10. The van der Waals surface area contributed by atoms with Gasteiger partial charge in [-0.05, 0) is 26.0 Å². The minimum atomic E-state index is 0.318. The molecule has 0 aromatic carbocycles. The van der Waals surface area contributed by atoms with Gasteiger partial charge in [-0.1, -0.05) is 0 Å². The van der Waals surface area contributed by atoms with E-state index in [0.717, 1.165) is 5.82 Å². The second-order valence-corrected chi connectivity index (χ2v) is 5.01. The van der Waals surface area contributed by atoms with Gasteiger partial charge in [0.25, 0.3) is 0 Å². The number of anilines is 1. The maximum absolute atomic E-state index is 4.29. The highest BCUT2D eigenvalue weighted by molar-refractivity contribution is 7.12. The number of thiophene rings is 1. The van der Waals surface area contributed by atoms with Gasteiger partial charge in [0.2, 0.25) is 0 Å². The largest absolute Gasteiger partial charge is 0.361 e. The van der Waals surface area contributed by atoms with Crippen molar-refractivity contribution in [1.29, 1.82) is 0 Å². The van der Waals surface area contributed by atoms with E-state index in [9.17, 15) is 0 Å². The number of hydrogen-bond acceptors (Lipinski definition) is 3. The van der Waals surface area contributed by atoms with Crippen molar-refractivity contribution < 1.29 is 0 Å². The van der Waals surface area contributed by atoms with Gasteiger partial charge in [0.15, 0.2) is 0 Å². The summed E-state index contributed by atoms with van der Waals surface area (Å²) in [6.45, 7) is 4.28. The number of nitrogens with zero attached hydrogens (tertiary/aromatic N) is 2. The van der Waals surface area contributed by atoms with Crippen LogP contribution in [0.15, 0.2) is 24.4 Å². The summed E-state index contributed by atoms with van der Waals surface area (Å²) in [4.78, 5) is 2.69. The van der Waals surface area contributed by atoms with Crippen LogP contribution >= 0.6 is 11.3 Å². The molecule has 0 saturated heterocycles. The Morgan fingerprint density at radius 3 is 2.73 bits per heavy atom. The first-order valence-corrected chi connectivity index (χ1v) is 5.79. The summed E-state index contributed by atoms with van der Waals surface area (Å²) in [7, 11) is 1.92. The maximum atomic E-state index is 4.29. The lowest BCUT2D eigenvalue weighted by Crippen LogP contribution is -2.05. The highest BCUT2D eigenvalue weighted by Crippen LogP contribution is 2.24. The van der Waals surface area contributed by atoms with Crippen LogP contribution in [0, 0.1) is 6.92 Å². The van der Waals surface area contributed by atoms with Crippen LogP contribution in [-0.4, -0.2) is 9.78 Å². The Bertz CT molecular complexity index is 444. The molecule has 0 amide bonds. The van der Waals surface area contributed by atoms with E-state index in [-0.39, 0.29) is 0 Å². The van der Waals surface area contributed by atoms with Crippen LogP contribution in [0.3, 0.4) is 0 Å². The molecule has 0 aliphatic heterocycles. The van der Waals surface area contributed by atoms with Crippen molar-refractivity contribution in [3.63, 3.8) is 0 Å². The van der Waals surface area contributed by atoms with E-state index in [1.165, 1.54) is 9.75 Å². The average molecular weight is 221 g/mol. The van der Waals surface area contributed by atoms with Crippen molar-refractivity contribution in [3.05, 3.63) is 34.2 Å². The molecule has 2 heterocycles. The van der Waals surface area contributed by atoms with Crippen LogP contribution in [0.5, 0.6) is 0 Å². The first-order valence-electron chi connectivity index (χ1n) is 4.97. The van der Waals surface area contributed by atoms with Crippen LogP contribution in [0.1, 0.15) is 22.7 Å². The number of hydrogen-bond donors (Lipinski definition) is 1. The van der Waals surface area contributed by atoms with E-state index in [4.69, 9.17) is 0 Å². The monoisotopic (exact) mass is 221 g/mol. The third kappa shape index (κ3) is 2.39. The van der Waals surface area contributed by atoms with Crippen LogP contribution in [0.25, 0.3) is 0 Å². The van der Waals surface area contributed by atoms with Crippen molar-refractivity contribution in [2.24, 2.45) is 7.05 Å². The van der Waals surface area contributed by atoms with E-state index >= 15 is 0 Å². The molecule has 0 saturated carbocycles. The zero-order valence-electron chi connectivity index (χ0n) is 9.19. The molecule has 0 aliphatic rings. The van der Waals surface area contributed by atoms with Gasteiger partial charge in [0, 0.05) is 29.1 Å². The molecule has 2 aromatic rings. The maximum Gasteiger partial charge on any atom is 0.148 e. The molecule has 0 fully saturated rings. The standard InChI is InChI=1S/C11H15N3S/c1-8-4-5-10(15-8)9(2)12-11-6-7-14(3)13-11/h4-7,9H,1-3H3,(H,12,13)/t9-/m1/s1. The zero-order chi connectivity index (χ0) is 10.8. The van der Waals surface area contributed by atoms with E-state index in [2.05, 4.69) is 36.4 Å². The van der Waals surface area contributed by atoms with Gasteiger partial charge in [-0.15, -0.1) is 11.3 Å². The predicted octanol–water partition coefficient (Wildman–Crippen LogP) is 2.96. The Hall–Kier alpha value is -1.29. The topological polar surface area (TPSA) is 29.9 Å². The van der Waals surface area contributed by atoms with E-state index in [1.807, 2.05) is 30.6 Å². The quantitative estimate of drug-likeness (QED) is 0.863. The molecule has 2 aromatic heterocycles. The van der Waals surface area contributed by atoms with Gasteiger partial charge in [-0.3, -0.25) is 4.68 Å². The molecule has 0 unspecified atom stereocenters. The number of aryl methyl sites for hydroxylation is 2. The molecule has 2 rings (SSSR count). The van der Waals surface area contributed by atoms with Crippen molar-refractivity contribution in [1.82, 2.24) is 9.78 Å². The Labute approximate surface area is 93.7 Å². The molecule has 80 valence electrons. The SMILES string of the molecule is Cc1ccc([C@@H](C)Nc2ccn(C)n2)s1. The van der Waals surface area contributed by atoms with Gasteiger partial charge in [0.05, 0.1) is 6.04 Å². The smallest absolute Gasteiger partial charge is 0.148 e. The van der Waals surface area contributed by atoms with Crippen molar-refractivity contribution >= 4 is 17.2 Å². The molecule has 15 heavy (non-hydrogen) atoms. The molecule has 1 atom stereocenters. The van der Waals surface area contributed by atoms with Crippen molar-refractivity contribution in [2.45, 2.75) is 19.9 Å². The summed E-state index contributed by atoms with van der Waals surface area (Å²) < 4.78 is 1.80.